The Balaban J connectivity index is 2.21. The van der Waals surface area contributed by atoms with E-state index < -0.39 is 0 Å². The van der Waals surface area contributed by atoms with E-state index in [1.165, 1.54) is 0 Å². The van der Waals surface area contributed by atoms with Gasteiger partial charge in [0.25, 0.3) is 0 Å². The zero-order valence-corrected chi connectivity index (χ0v) is 7.05. The van der Waals surface area contributed by atoms with Gasteiger partial charge in [-0.15, -0.1) is 0 Å². The first-order chi connectivity index (χ1) is 5.34. The predicted molar refractivity (Wildman–Crippen MR) is 43.3 cm³/mol. The topological polar surface area (TPSA) is 41.5 Å². The molecule has 3 heteroatoms. The van der Waals surface area contributed by atoms with Crippen LogP contribution in [-0.2, 0) is 4.74 Å². The molecule has 66 valence electrons. The maximum absolute atomic E-state index is 9.56. The molecule has 1 heterocycles. The highest BCUT2D eigenvalue weighted by atomic mass is 16.5. The standard InChI is InChI=1S/C8H17NO2/c1-2-3-8(10)7-4-5-11-6-9-7/h7-10H,2-6H2,1H3. The maximum atomic E-state index is 9.56. The molecule has 0 bridgehead atoms. The van der Waals surface area contributed by atoms with Gasteiger partial charge < -0.3 is 9.84 Å². The van der Waals surface area contributed by atoms with E-state index in [1.54, 1.807) is 0 Å². The van der Waals surface area contributed by atoms with Crippen molar-refractivity contribution >= 4 is 0 Å². The second-order valence-electron chi connectivity index (χ2n) is 3.01. The fourth-order valence-corrected chi connectivity index (χ4v) is 1.38. The molecule has 11 heavy (non-hydrogen) atoms. The molecule has 0 spiro atoms. The molecule has 0 aromatic heterocycles. The normalized spacial score (nSPS) is 28.4. The van der Waals surface area contributed by atoms with Gasteiger partial charge >= 0.3 is 0 Å². The fraction of sp³-hybridized carbons (Fsp3) is 1.00. The Bertz CT molecular complexity index is 102. The smallest absolute Gasteiger partial charge is 0.0968 e. The third-order valence-electron chi connectivity index (χ3n) is 2.07. The number of nitrogens with one attached hydrogen (secondary N) is 1. The molecule has 2 N–H and O–H groups in total. The molecule has 1 fully saturated rings. The Hall–Kier alpha value is -0.120. The van der Waals surface area contributed by atoms with Gasteiger partial charge in [0, 0.05) is 12.6 Å². The highest BCUT2D eigenvalue weighted by Crippen LogP contribution is 2.08. The third kappa shape index (κ3) is 2.77. The maximum Gasteiger partial charge on any atom is 0.0968 e. The summed E-state index contributed by atoms with van der Waals surface area (Å²) in [4.78, 5) is 0. The van der Waals surface area contributed by atoms with Crippen LogP contribution in [0.1, 0.15) is 26.2 Å². The molecule has 1 aliphatic rings. The third-order valence-corrected chi connectivity index (χ3v) is 2.07. The second kappa shape index (κ2) is 4.70. The average molecular weight is 159 g/mol. The van der Waals surface area contributed by atoms with Crippen molar-refractivity contribution in [2.24, 2.45) is 0 Å². The van der Waals surface area contributed by atoms with Crippen molar-refractivity contribution in [3.05, 3.63) is 0 Å². The minimum absolute atomic E-state index is 0.191. The van der Waals surface area contributed by atoms with Crippen LogP contribution in [0.3, 0.4) is 0 Å². The van der Waals surface area contributed by atoms with Crippen LogP contribution in [0.5, 0.6) is 0 Å². The fourth-order valence-electron chi connectivity index (χ4n) is 1.38. The Labute approximate surface area is 67.7 Å². The minimum Gasteiger partial charge on any atom is -0.392 e. The van der Waals surface area contributed by atoms with E-state index in [0.29, 0.717) is 6.73 Å². The lowest BCUT2D eigenvalue weighted by atomic mass is 10.0. The molecule has 0 saturated carbocycles. The molecule has 3 nitrogen and oxygen atoms in total. The summed E-state index contributed by atoms with van der Waals surface area (Å²) in [6.45, 7) is 3.45. The van der Waals surface area contributed by atoms with E-state index in [0.717, 1.165) is 25.9 Å². The SMILES string of the molecule is CCCC(O)C1CCOCN1. The van der Waals surface area contributed by atoms with Gasteiger partial charge in [0.2, 0.25) is 0 Å². The number of hydrogen-bond acceptors (Lipinski definition) is 3. The lowest BCUT2D eigenvalue weighted by Gasteiger charge is -2.27. The van der Waals surface area contributed by atoms with Crippen molar-refractivity contribution in [2.75, 3.05) is 13.3 Å². The van der Waals surface area contributed by atoms with Crippen LogP contribution in [0.15, 0.2) is 0 Å². The predicted octanol–water partition coefficient (Wildman–Crippen LogP) is 0.483. The van der Waals surface area contributed by atoms with Gasteiger partial charge in [-0.2, -0.15) is 0 Å². The molecule has 0 amide bonds. The summed E-state index contributed by atoms with van der Waals surface area (Å²) in [6, 6.07) is 0.253. The molecule has 2 unspecified atom stereocenters. The average Bonchev–Trinajstić information content (AvgIpc) is 2.07. The van der Waals surface area contributed by atoms with Crippen molar-refractivity contribution < 1.29 is 9.84 Å². The van der Waals surface area contributed by atoms with E-state index in [2.05, 4.69) is 12.2 Å². The molecule has 0 radical (unpaired) electrons. The van der Waals surface area contributed by atoms with E-state index in [-0.39, 0.29) is 12.1 Å². The van der Waals surface area contributed by atoms with Gasteiger partial charge in [0.15, 0.2) is 0 Å². The van der Waals surface area contributed by atoms with Crippen LogP contribution in [0.2, 0.25) is 0 Å². The van der Waals surface area contributed by atoms with E-state index in [1.807, 2.05) is 0 Å². The molecule has 0 aliphatic carbocycles. The van der Waals surface area contributed by atoms with Crippen LogP contribution in [-0.4, -0.2) is 30.6 Å². The molecule has 1 rings (SSSR count). The lowest BCUT2D eigenvalue weighted by molar-refractivity contribution is 0.0131. The van der Waals surface area contributed by atoms with E-state index in [9.17, 15) is 5.11 Å². The monoisotopic (exact) mass is 159 g/mol. The second-order valence-corrected chi connectivity index (χ2v) is 3.01. The summed E-state index contributed by atoms with van der Waals surface area (Å²) >= 11 is 0. The van der Waals surface area contributed by atoms with Gasteiger partial charge in [0.05, 0.1) is 12.8 Å². The Morgan fingerprint density at radius 2 is 2.55 bits per heavy atom. The summed E-state index contributed by atoms with van der Waals surface area (Å²) in [5.41, 5.74) is 0. The van der Waals surface area contributed by atoms with Crippen LogP contribution in [0, 0.1) is 0 Å². The number of hydrogen-bond donors (Lipinski definition) is 2. The highest BCUT2D eigenvalue weighted by molar-refractivity contribution is 4.76. The van der Waals surface area contributed by atoms with Crippen LogP contribution in [0.4, 0.5) is 0 Å². The molecule has 1 saturated heterocycles. The summed E-state index contributed by atoms with van der Waals surface area (Å²) in [5.74, 6) is 0. The number of ether oxygens (including phenoxy) is 1. The summed E-state index contributed by atoms with van der Waals surface area (Å²) in [5, 5.41) is 12.7. The number of aliphatic hydroxyl groups excluding tert-OH is 1. The van der Waals surface area contributed by atoms with Crippen LogP contribution < -0.4 is 5.32 Å². The minimum atomic E-state index is -0.191. The molecule has 0 aromatic carbocycles. The molecular formula is C8H17NO2. The van der Waals surface area contributed by atoms with Gasteiger partial charge in [-0.25, -0.2) is 0 Å². The molecule has 0 aromatic rings. The van der Waals surface area contributed by atoms with Gasteiger partial charge in [-0.05, 0) is 12.8 Å². The van der Waals surface area contributed by atoms with Gasteiger partial charge in [0.1, 0.15) is 0 Å². The Morgan fingerprint density at radius 1 is 1.73 bits per heavy atom. The molecule has 1 aliphatic heterocycles. The quantitative estimate of drug-likeness (QED) is 0.629. The van der Waals surface area contributed by atoms with Crippen molar-refractivity contribution in [3.63, 3.8) is 0 Å². The van der Waals surface area contributed by atoms with Crippen molar-refractivity contribution in [2.45, 2.75) is 38.3 Å². The lowest BCUT2D eigenvalue weighted by Crippen LogP contribution is -2.45. The molecule has 2 atom stereocenters. The van der Waals surface area contributed by atoms with Crippen LogP contribution in [0.25, 0.3) is 0 Å². The number of aliphatic hydroxyl groups is 1. The van der Waals surface area contributed by atoms with Gasteiger partial charge in [-0.1, -0.05) is 13.3 Å². The zero-order chi connectivity index (χ0) is 8.10. The number of rotatable bonds is 3. The first-order valence-electron chi connectivity index (χ1n) is 4.33. The Kier molecular flexibility index (Phi) is 3.83. The first-order valence-corrected chi connectivity index (χ1v) is 4.33. The first kappa shape index (κ1) is 8.97. The van der Waals surface area contributed by atoms with Gasteiger partial charge in [-0.3, -0.25) is 5.32 Å². The van der Waals surface area contributed by atoms with Crippen molar-refractivity contribution in [1.29, 1.82) is 0 Å². The van der Waals surface area contributed by atoms with E-state index >= 15 is 0 Å². The zero-order valence-electron chi connectivity index (χ0n) is 7.05. The van der Waals surface area contributed by atoms with Crippen molar-refractivity contribution in [1.82, 2.24) is 5.32 Å². The largest absolute Gasteiger partial charge is 0.392 e. The Morgan fingerprint density at radius 3 is 3.09 bits per heavy atom. The molecular weight excluding hydrogens is 142 g/mol. The van der Waals surface area contributed by atoms with Crippen LogP contribution >= 0.6 is 0 Å². The summed E-state index contributed by atoms with van der Waals surface area (Å²) in [7, 11) is 0. The highest BCUT2D eigenvalue weighted by Gasteiger charge is 2.19. The van der Waals surface area contributed by atoms with Crippen molar-refractivity contribution in [3.8, 4) is 0 Å². The summed E-state index contributed by atoms with van der Waals surface area (Å²) in [6.07, 6.45) is 2.67. The summed E-state index contributed by atoms with van der Waals surface area (Å²) < 4.78 is 5.11. The van der Waals surface area contributed by atoms with E-state index in [4.69, 9.17) is 4.74 Å².